The van der Waals surface area contributed by atoms with Gasteiger partial charge in [0.1, 0.15) is 11.6 Å². The van der Waals surface area contributed by atoms with Gasteiger partial charge < -0.3 is 4.74 Å². The van der Waals surface area contributed by atoms with Crippen molar-refractivity contribution in [2.75, 3.05) is 6.61 Å². The zero-order valence-electron chi connectivity index (χ0n) is 11.1. The van der Waals surface area contributed by atoms with E-state index in [1.54, 1.807) is 12.1 Å². The van der Waals surface area contributed by atoms with Crippen LogP contribution in [0.3, 0.4) is 0 Å². The maximum absolute atomic E-state index is 13.7. The van der Waals surface area contributed by atoms with E-state index in [0.717, 1.165) is 15.8 Å². The molecule has 106 valence electrons. The fourth-order valence-corrected chi connectivity index (χ4v) is 2.73. The van der Waals surface area contributed by atoms with Crippen molar-refractivity contribution in [2.45, 2.75) is 18.7 Å². The highest BCUT2D eigenvalue weighted by Gasteiger charge is 2.16. The maximum Gasteiger partial charge on any atom is 0.126 e. The predicted octanol–water partition coefficient (Wildman–Crippen LogP) is 5.51. The van der Waals surface area contributed by atoms with Gasteiger partial charge >= 0.3 is 0 Å². The molecule has 0 fully saturated rings. The van der Waals surface area contributed by atoms with Crippen LogP contribution < -0.4 is 4.74 Å². The van der Waals surface area contributed by atoms with Gasteiger partial charge in [-0.1, -0.05) is 34.1 Å². The first-order valence-electron chi connectivity index (χ1n) is 6.41. The molecule has 2 aromatic rings. The van der Waals surface area contributed by atoms with Crippen LogP contribution >= 0.6 is 27.5 Å². The average Bonchev–Trinajstić information content (AvgIpc) is 2.43. The first kappa shape index (κ1) is 15.3. The molecule has 1 atom stereocenters. The molecule has 20 heavy (non-hydrogen) atoms. The summed E-state index contributed by atoms with van der Waals surface area (Å²) in [6.45, 7) is 2.49. The molecular formula is C16H15BrClFO. The summed E-state index contributed by atoms with van der Waals surface area (Å²) in [5, 5.41) is -0.342. The Morgan fingerprint density at radius 3 is 2.70 bits per heavy atom. The van der Waals surface area contributed by atoms with Crippen molar-refractivity contribution >= 4 is 27.5 Å². The van der Waals surface area contributed by atoms with Crippen molar-refractivity contribution in [3.8, 4) is 5.75 Å². The van der Waals surface area contributed by atoms with E-state index >= 15 is 0 Å². The molecule has 2 aromatic carbocycles. The molecule has 0 saturated heterocycles. The van der Waals surface area contributed by atoms with Gasteiger partial charge in [-0.25, -0.2) is 4.39 Å². The first-order valence-corrected chi connectivity index (χ1v) is 7.64. The first-order chi connectivity index (χ1) is 9.61. The van der Waals surface area contributed by atoms with Gasteiger partial charge in [-0.05, 0) is 43.2 Å². The van der Waals surface area contributed by atoms with E-state index in [0.29, 0.717) is 18.6 Å². The van der Waals surface area contributed by atoms with Crippen LogP contribution in [0, 0.1) is 5.82 Å². The van der Waals surface area contributed by atoms with Crippen LogP contribution in [0.5, 0.6) is 5.75 Å². The largest absolute Gasteiger partial charge is 0.494 e. The fraction of sp³-hybridized carbons (Fsp3) is 0.250. The molecule has 2 rings (SSSR count). The van der Waals surface area contributed by atoms with E-state index in [9.17, 15) is 4.39 Å². The highest BCUT2D eigenvalue weighted by atomic mass is 79.9. The van der Waals surface area contributed by atoms with Crippen LogP contribution in [0.4, 0.5) is 4.39 Å². The minimum Gasteiger partial charge on any atom is -0.494 e. The minimum absolute atomic E-state index is 0.230. The zero-order valence-corrected chi connectivity index (χ0v) is 13.4. The van der Waals surface area contributed by atoms with E-state index < -0.39 is 0 Å². The summed E-state index contributed by atoms with van der Waals surface area (Å²) in [6, 6.07) is 12.4. The number of ether oxygens (including phenoxy) is 1. The van der Waals surface area contributed by atoms with Gasteiger partial charge in [-0.3, -0.25) is 0 Å². The normalized spacial score (nSPS) is 12.2. The number of hydrogen-bond acceptors (Lipinski definition) is 1. The van der Waals surface area contributed by atoms with Crippen LogP contribution in [0.1, 0.15) is 23.4 Å². The van der Waals surface area contributed by atoms with Gasteiger partial charge in [0.05, 0.1) is 12.0 Å². The van der Waals surface area contributed by atoms with Gasteiger partial charge in [-0.2, -0.15) is 0 Å². The highest BCUT2D eigenvalue weighted by Crippen LogP contribution is 2.35. The third-order valence-electron chi connectivity index (χ3n) is 2.97. The van der Waals surface area contributed by atoms with Gasteiger partial charge in [-0.15, -0.1) is 11.6 Å². The Morgan fingerprint density at radius 2 is 2.00 bits per heavy atom. The summed E-state index contributed by atoms with van der Waals surface area (Å²) in [5.41, 5.74) is 1.47. The number of benzene rings is 2. The Hall–Kier alpha value is -1.06. The van der Waals surface area contributed by atoms with Crippen LogP contribution in [-0.4, -0.2) is 6.61 Å². The van der Waals surface area contributed by atoms with Crippen molar-refractivity contribution in [2.24, 2.45) is 0 Å². The number of alkyl halides is 1. The Morgan fingerprint density at radius 1 is 1.25 bits per heavy atom. The van der Waals surface area contributed by atoms with Crippen molar-refractivity contribution in [1.82, 2.24) is 0 Å². The van der Waals surface area contributed by atoms with E-state index in [1.807, 2.05) is 31.2 Å². The molecule has 0 spiro atoms. The monoisotopic (exact) mass is 356 g/mol. The zero-order chi connectivity index (χ0) is 14.5. The van der Waals surface area contributed by atoms with Crippen LogP contribution in [0.15, 0.2) is 46.9 Å². The van der Waals surface area contributed by atoms with Gasteiger partial charge in [0.15, 0.2) is 0 Å². The molecule has 1 unspecified atom stereocenters. The molecular weight excluding hydrogens is 343 g/mol. The minimum atomic E-state index is -0.342. The molecule has 0 aliphatic carbocycles. The van der Waals surface area contributed by atoms with Gasteiger partial charge in [0, 0.05) is 10.0 Å². The van der Waals surface area contributed by atoms with Crippen molar-refractivity contribution < 1.29 is 9.13 Å². The van der Waals surface area contributed by atoms with Crippen molar-refractivity contribution in [1.29, 1.82) is 0 Å². The molecule has 1 nitrogen and oxygen atoms in total. The van der Waals surface area contributed by atoms with E-state index in [2.05, 4.69) is 15.9 Å². The molecule has 0 aromatic heterocycles. The molecule has 0 radical (unpaired) electrons. The third-order valence-corrected chi connectivity index (χ3v) is 3.85. The molecule has 0 saturated carbocycles. The summed E-state index contributed by atoms with van der Waals surface area (Å²) in [6.07, 6.45) is 0.421. The molecule has 0 amide bonds. The van der Waals surface area contributed by atoms with Crippen molar-refractivity contribution in [3.05, 3.63) is 63.9 Å². The predicted molar refractivity (Wildman–Crippen MR) is 84.0 cm³/mol. The molecule has 4 heteroatoms. The Balaban J connectivity index is 2.26. The Labute approximate surface area is 131 Å². The van der Waals surface area contributed by atoms with Crippen molar-refractivity contribution in [3.63, 3.8) is 0 Å². The summed E-state index contributed by atoms with van der Waals surface area (Å²) >= 11 is 9.89. The summed E-state index contributed by atoms with van der Waals surface area (Å²) in [5.74, 6) is 0.512. The SMILES string of the molecule is CCOc1ccc(Br)cc1C(Cl)Cc1ccccc1F. The van der Waals surface area contributed by atoms with Gasteiger partial charge in [0.25, 0.3) is 0 Å². The number of halogens is 3. The number of rotatable bonds is 5. The van der Waals surface area contributed by atoms with E-state index in [4.69, 9.17) is 16.3 Å². The second-order valence-electron chi connectivity index (χ2n) is 4.38. The summed E-state index contributed by atoms with van der Waals surface area (Å²) < 4.78 is 20.2. The molecule has 0 N–H and O–H groups in total. The lowest BCUT2D eigenvalue weighted by Gasteiger charge is -2.16. The quantitative estimate of drug-likeness (QED) is 0.641. The third kappa shape index (κ3) is 3.74. The Kier molecular flexibility index (Phi) is 5.44. The number of hydrogen-bond donors (Lipinski definition) is 0. The molecule has 0 bridgehead atoms. The maximum atomic E-state index is 13.7. The average molecular weight is 358 g/mol. The fourth-order valence-electron chi connectivity index (χ4n) is 2.02. The highest BCUT2D eigenvalue weighted by molar-refractivity contribution is 9.10. The summed E-state index contributed by atoms with van der Waals surface area (Å²) in [7, 11) is 0. The van der Waals surface area contributed by atoms with E-state index in [-0.39, 0.29) is 11.2 Å². The standard InChI is InChI=1S/C16H15BrClFO/c1-2-20-16-8-7-12(17)10-13(16)14(18)9-11-5-3-4-6-15(11)19/h3-8,10,14H,2,9H2,1H3. The van der Waals surface area contributed by atoms with Gasteiger partial charge in [0.2, 0.25) is 0 Å². The molecule has 0 heterocycles. The second-order valence-corrected chi connectivity index (χ2v) is 5.82. The van der Waals surface area contributed by atoms with Crippen LogP contribution in [-0.2, 0) is 6.42 Å². The lowest BCUT2D eigenvalue weighted by molar-refractivity contribution is 0.336. The lowest BCUT2D eigenvalue weighted by Crippen LogP contribution is -2.02. The van der Waals surface area contributed by atoms with Crippen LogP contribution in [0.2, 0.25) is 0 Å². The smallest absolute Gasteiger partial charge is 0.126 e. The second kappa shape index (κ2) is 7.09. The molecule has 0 aliphatic rings. The molecule has 0 aliphatic heterocycles. The summed E-state index contributed by atoms with van der Waals surface area (Å²) in [4.78, 5) is 0. The topological polar surface area (TPSA) is 9.23 Å². The lowest BCUT2D eigenvalue weighted by atomic mass is 10.0. The van der Waals surface area contributed by atoms with Crippen LogP contribution in [0.25, 0.3) is 0 Å². The Bertz CT molecular complexity index is 588. The van der Waals surface area contributed by atoms with E-state index in [1.165, 1.54) is 6.07 Å².